The van der Waals surface area contributed by atoms with Gasteiger partial charge in [-0.3, -0.25) is 0 Å². The van der Waals surface area contributed by atoms with Gasteiger partial charge in [0, 0.05) is 7.05 Å². The molecule has 3 rings (SSSR count). The van der Waals surface area contributed by atoms with Gasteiger partial charge < -0.3 is 5.32 Å². The first-order valence-electron chi connectivity index (χ1n) is 6.02. The number of nitrogens with zero attached hydrogens (tertiary/aromatic N) is 2. The molecular weight excluding hydrogens is 319 g/mol. The lowest BCUT2D eigenvalue weighted by atomic mass is 10.2. The number of benzene rings is 1. The van der Waals surface area contributed by atoms with Gasteiger partial charge in [0.05, 0.1) is 27.0 Å². The number of anilines is 1. The van der Waals surface area contributed by atoms with Crippen LogP contribution in [0.3, 0.4) is 0 Å². The number of hydrogen-bond donors (Lipinski definition) is 1. The van der Waals surface area contributed by atoms with E-state index in [0.717, 1.165) is 33.1 Å². The van der Waals surface area contributed by atoms with Crippen LogP contribution in [0.5, 0.6) is 0 Å². The van der Waals surface area contributed by atoms with Crippen molar-refractivity contribution in [1.82, 2.24) is 9.36 Å². The summed E-state index contributed by atoms with van der Waals surface area (Å²) in [6.07, 6.45) is -4.35. The van der Waals surface area contributed by atoms with Crippen LogP contribution in [0, 0.1) is 6.92 Å². The molecule has 0 bridgehead atoms. The fourth-order valence-electron chi connectivity index (χ4n) is 2.00. The van der Waals surface area contributed by atoms with Gasteiger partial charge >= 0.3 is 6.18 Å². The third-order valence-corrected chi connectivity index (χ3v) is 5.03. The van der Waals surface area contributed by atoms with Gasteiger partial charge in [-0.25, -0.2) is 4.98 Å². The third-order valence-electron chi connectivity index (χ3n) is 3.02. The Balaban J connectivity index is 2.15. The first kappa shape index (κ1) is 14.3. The average molecular weight is 329 g/mol. The molecule has 2 aromatic heterocycles. The summed E-state index contributed by atoms with van der Waals surface area (Å²) < 4.78 is 43.2. The second kappa shape index (κ2) is 4.96. The van der Waals surface area contributed by atoms with Crippen molar-refractivity contribution >= 4 is 38.1 Å². The van der Waals surface area contributed by atoms with E-state index in [0.29, 0.717) is 10.5 Å². The number of nitrogens with one attached hydrogen (secondary N) is 1. The van der Waals surface area contributed by atoms with Gasteiger partial charge in [0.2, 0.25) is 0 Å². The van der Waals surface area contributed by atoms with Crippen molar-refractivity contribution < 1.29 is 13.2 Å². The maximum absolute atomic E-state index is 12.7. The highest BCUT2D eigenvalue weighted by molar-refractivity contribution is 7.22. The number of alkyl halides is 3. The Morgan fingerprint density at radius 1 is 1.24 bits per heavy atom. The van der Waals surface area contributed by atoms with E-state index >= 15 is 0 Å². The number of hydrogen-bond acceptors (Lipinski definition) is 5. The molecule has 0 fully saturated rings. The zero-order valence-electron chi connectivity index (χ0n) is 11.1. The van der Waals surface area contributed by atoms with Gasteiger partial charge in [-0.15, -0.1) is 11.3 Å². The summed E-state index contributed by atoms with van der Waals surface area (Å²) in [6, 6.07) is 3.64. The van der Waals surface area contributed by atoms with Crippen LogP contribution < -0.4 is 5.32 Å². The smallest absolute Gasteiger partial charge is 0.378 e. The summed E-state index contributed by atoms with van der Waals surface area (Å²) in [5.74, 6) is 0. The number of aromatic nitrogens is 2. The van der Waals surface area contributed by atoms with Crippen LogP contribution in [0.1, 0.15) is 11.3 Å². The number of rotatable bonds is 2. The van der Waals surface area contributed by atoms with Crippen LogP contribution >= 0.6 is 22.9 Å². The predicted octanol–water partition coefficient (Wildman–Crippen LogP) is 4.79. The molecule has 1 N–H and O–H groups in total. The Morgan fingerprint density at radius 3 is 2.67 bits per heavy atom. The molecule has 8 heteroatoms. The Bertz CT molecular complexity index is 805. The minimum Gasteiger partial charge on any atom is -0.378 e. The molecule has 0 saturated heterocycles. The van der Waals surface area contributed by atoms with Crippen molar-refractivity contribution in [2.75, 3.05) is 12.4 Å². The summed E-state index contributed by atoms with van der Waals surface area (Å²) in [5, 5.41) is 4.58. The molecule has 0 aliphatic heterocycles. The minimum atomic E-state index is -4.35. The molecule has 0 atom stereocenters. The maximum Gasteiger partial charge on any atom is 0.416 e. The Morgan fingerprint density at radius 2 is 2.00 bits per heavy atom. The van der Waals surface area contributed by atoms with E-state index < -0.39 is 11.7 Å². The summed E-state index contributed by atoms with van der Waals surface area (Å²) in [7, 11) is 1.78. The molecule has 110 valence electrons. The Hall–Kier alpha value is -1.67. The van der Waals surface area contributed by atoms with Gasteiger partial charge in [-0.2, -0.15) is 17.5 Å². The molecule has 0 amide bonds. The molecule has 1 aromatic carbocycles. The molecular formula is C13H10F3N3S2. The molecule has 0 aliphatic rings. The minimum absolute atomic E-state index is 0.359. The second-order valence-corrected chi connectivity index (χ2v) is 6.23. The molecule has 0 aliphatic carbocycles. The normalized spacial score (nSPS) is 12.0. The lowest BCUT2D eigenvalue weighted by Crippen LogP contribution is -2.03. The molecule has 21 heavy (non-hydrogen) atoms. The van der Waals surface area contributed by atoms with Gasteiger partial charge in [0.15, 0.2) is 0 Å². The summed E-state index contributed by atoms with van der Waals surface area (Å²) in [6.45, 7) is 1.86. The maximum atomic E-state index is 12.7. The van der Waals surface area contributed by atoms with Crippen molar-refractivity contribution in [2.45, 2.75) is 13.1 Å². The standard InChI is InChI=1S/C13H10F3N3S2/c1-6-10(11(17-2)21-19-6)12-18-8-5-7(13(14,15)16)3-4-9(8)20-12/h3-5,17H,1-2H3. The van der Waals surface area contributed by atoms with E-state index in [1.807, 2.05) is 6.92 Å². The average Bonchev–Trinajstić information content (AvgIpc) is 2.98. The summed E-state index contributed by atoms with van der Waals surface area (Å²) in [5.41, 5.74) is 1.36. The van der Waals surface area contributed by atoms with Crippen LogP contribution in [-0.4, -0.2) is 16.4 Å². The SMILES string of the molecule is CNc1snc(C)c1-c1nc2cc(C(F)(F)F)ccc2s1. The number of thiazole rings is 1. The van der Waals surface area contributed by atoms with Crippen molar-refractivity contribution in [1.29, 1.82) is 0 Å². The van der Waals surface area contributed by atoms with Crippen LogP contribution in [0.2, 0.25) is 0 Å². The third kappa shape index (κ3) is 2.49. The zero-order valence-corrected chi connectivity index (χ0v) is 12.7. The van der Waals surface area contributed by atoms with Gasteiger partial charge in [-0.1, -0.05) is 0 Å². The van der Waals surface area contributed by atoms with Crippen LogP contribution in [0.15, 0.2) is 18.2 Å². The summed E-state index contributed by atoms with van der Waals surface area (Å²) >= 11 is 2.68. The molecule has 0 spiro atoms. The molecule has 0 unspecified atom stereocenters. The van der Waals surface area contributed by atoms with Gasteiger partial charge in [0.1, 0.15) is 10.0 Å². The van der Waals surface area contributed by atoms with E-state index in [4.69, 9.17) is 0 Å². The van der Waals surface area contributed by atoms with Crippen molar-refractivity contribution in [3.63, 3.8) is 0 Å². The fraction of sp³-hybridized carbons (Fsp3) is 0.231. The molecule has 0 radical (unpaired) electrons. The molecule has 0 saturated carbocycles. The first-order valence-corrected chi connectivity index (χ1v) is 7.61. The topological polar surface area (TPSA) is 37.8 Å². The van der Waals surface area contributed by atoms with Crippen molar-refractivity contribution in [3.05, 3.63) is 29.5 Å². The molecule has 3 aromatic rings. The highest BCUT2D eigenvalue weighted by atomic mass is 32.1. The molecule has 3 nitrogen and oxygen atoms in total. The number of halogens is 3. The largest absolute Gasteiger partial charge is 0.416 e. The quantitative estimate of drug-likeness (QED) is 0.734. The second-order valence-electron chi connectivity index (χ2n) is 4.42. The monoisotopic (exact) mass is 329 g/mol. The van der Waals surface area contributed by atoms with E-state index in [1.54, 1.807) is 7.05 Å². The first-order chi connectivity index (χ1) is 9.90. The van der Waals surface area contributed by atoms with Crippen molar-refractivity contribution in [2.24, 2.45) is 0 Å². The highest BCUT2D eigenvalue weighted by Gasteiger charge is 2.31. The van der Waals surface area contributed by atoms with Crippen LogP contribution in [0.4, 0.5) is 18.2 Å². The zero-order chi connectivity index (χ0) is 15.2. The van der Waals surface area contributed by atoms with Gasteiger partial charge in [0.25, 0.3) is 0 Å². The van der Waals surface area contributed by atoms with Gasteiger partial charge in [-0.05, 0) is 36.7 Å². The van der Waals surface area contributed by atoms with E-state index in [1.165, 1.54) is 28.9 Å². The van der Waals surface area contributed by atoms with Crippen LogP contribution in [-0.2, 0) is 6.18 Å². The predicted molar refractivity (Wildman–Crippen MR) is 80.0 cm³/mol. The summed E-state index contributed by atoms with van der Waals surface area (Å²) in [4.78, 5) is 4.34. The highest BCUT2D eigenvalue weighted by Crippen LogP contribution is 2.40. The Labute approximate surface area is 126 Å². The van der Waals surface area contributed by atoms with E-state index in [-0.39, 0.29) is 0 Å². The Kier molecular flexibility index (Phi) is 3.37. The lowest BCUT2D eigenvalue weighted by Gasteiger charge is -2.04. The fourth-order valence-corrected chi connectivity index (χ4v) is 3.86. The lowest BCUT2D eigenvalue weighted by molar-refractivity contribution is -0.137. The van der Waals surface area contributed by atoms with Crippen molar-refractivity contribution in [3.8, 4) is 10.6 Å². The number of aryl methyl sites for hydroxylation is 1. The van der Waals surface area contributed by atoms with Crippen LogP contribution in [0.25, 0.3) is 20.8 Å². The van der Waals surface area contributed by atoms with E-state index in [2.05, 4.69) is 14.7 Å². The number of fused-ring (bicyclic) bond motifs is 1. The van der Waals surface area contributed by atoms with E-state index in [9.17, 15) is 13.2 Å². The molecule has 2 heterocycles.